The number of pyridine rings is 1. The molecule has 0 saturated heterocycles. The summed E-state index contributed by atoms with van der Waals surface area (Å²) in [5.41, 5.74) is 2.80. The largest absolute Gasteiger partial charge is 0.416 e. The molecular weight excluding hydrogens is 377 g/mol. The smallest absolute Gasteiger partial charge is 0.341 e. The molecule has 1 heterocycles. The summed E-state index contributed by atoms with van der Waals surface area (Å²) in [5.74, 6) is 0.0308. The van der Waals surface area contributed by atoms with Gasteiger partial charge in [-0.2, -0.15) is 13.2 Å². The van der Waals surface area contributed by atoms with E-state index in [-0.39, 0.29) is 22.6 Å². The predicted molar refractivity (Wildman–Crippen MR) is 99.1 cm³/mol. The van der Waals surface area contributed by atoms with Crippen molar-refractivity contribution in [1.29, 1.82) is 5.41 Å². The fraction of sp³-hybridized carbons (Fsp3) is 0.176. The van der Waals surface area contributed by atoms with E-state index in [1.165, 1.54) is 37.4 Å². The molecule has 8 nitrogen and oxygen atoms in total. The first kappa shape index (κ1) is 20.7. The van der Waals surface area contributed by atoms with Gasteiger partial charge in [0.05, 0.1) is 28.1 Å². The molecule has 0 aliphatic heterocycles. The third kappa shape index (κ3) is 4.55. The molecule has 0 spiro atoms. The van der Waals surface area contributed by atoms with Gasteiger partial charge >= 0.3 is 12.2 Å². The standard InChI is InChI=1S/C17H17F3N6O2/c1-22-16(28)24-15-13(7-21)14(10(9-27)8-23-15)25-26(2)12-5-3-11(4-6-12)17(18,19)20/h3-9,21H,1-2H3,(H3,22,23,24,25,28). The number of halogens is 3. The summed E-state index contributed by atoms with van der Waals surface area (Å²) < 4.78 is 38.1. The molecule has 4 N–H and O–H groups in total. The van der Waals surface area contributed by atoms with Gasteiger partial charge in [0.25, 0.3) is 0 Å². The average molecular weight is 394 g/mol. The normalized spacial score (nSPS) is 10.8. The summed E-state index contributed by atoms with van der Waals surface area (Å²) in [6.07, 6.45) is -1.84. The zero-order chi connectivity index (χ0) is 20.9. The van der Waals surface area contributed by atoms with Crippen molar-refractivity contribution in [2.75, 3.05) is 29.8 Å². The number of carbonyl (C=O) groups is 2. The van der Waals surface area contributed by atoms with Gasteiger partial charge in [0.1, 0.15) is 5.82 Å². The summed E-state index contributed by atoms with van der Waals surface area (Å²) in [7, 11) is 2.92. The minimum atomic E-state index is -4.45. The van der Waals surface area contributed by atoms with Gasteiger partial charge in [-0.25, -0.2) is 9.78 Å². The second-order valence-corrected chi connectivity index (χ2v) is 5.53. The summed E-state index contributed by atoms with van der Waals surface area (Å²) in [4.78, 5) is 26.9. The molecule has 0 atom stereocenters. The Bertz CT molecular complexity index is 884. The third-order valence-electron chi connectivity index (χ3n) is 3.74. The highest BCUT2D eigenvalue weighted by atomic mass is 19.4. The number of rotatable bonds is 6. The predicted octanol–water partition coefficient (Wildman–Crippen LogP) is 3.13. The lowest BCUT2D eigenvalue weighted by Crippen LogP contribution is -2.28. The summed E-state index contributed by atoms with van der Waals surface area (Å²) in [6.45, 7) is 0. The highest BCUT2D eigenvalue weighted by molar-refractivity contribution is 6.02. The van der Waals surface area contributed by atoms with Gasteiger partial charge in [0.15, 0.2) is 6.29 Å². The van der Waals surface area contributed by atoms with Crippen molar-refractivity contribution in [1.82, 2.24) is 10.3 Å². The molecule has 2 rings (SSSR count). The molecule has 0 bridgehead atoms. The Morgan fingerprint density at radius 1 is 1.25 bits per heavy atom. The lowest BCUT2D eigenvalue weighted by Gasteiger charge is -2.24. The van der Waals surface area contributed by atoms with E-state index in [2.05, 4.69) is 21.0 Å². The molecule has 0 aliphatic carbocycles. The molecule has 2 aromatic rings. The van der Waals surface area contributed by atoms with E-state index in [9.17, 15) is 22.8 Å². The third-order valence-corrected chi connectivity index (χ3v) is 3.74. The number of benzene rings is 1. The van der Waals surface area contributed by atoms with Crippen molar-refractivity contribution in [2.24, 2.45) is 0 Å². The lowest BCUT2D eigenvalue weighted by atomic mass is 10.1. The number of alkyl halides is 3. The first-order valence-corrected chi connectivity index (χ1v) is 7.86. The fourth-order valence-corrected chi connectivity index (χ4v) is 2.27. The second-order valence-electron chi connectivity index (χ2n) is 5.53. The van der Waals surface area contributed by atoms with Gasteiger partial charge in [-0.3, -0.25) is 20.5 Å². The topological polar surface area (TPSA) is 110 Å². The number of amides is 2. The van der Waals surface area contributed by atoms with E-state index in [0.717, 1.165) is 18.3 Å². The fourth-order valence-electron chi connectivity index (χ4n) is 2.27. The first-order chi connectivity index (χ1) is 13.2. The van der Waals surface area contributed by atoms with Crippen molar-refractivity contribution >= 4 is 35.7 Å². The van der Waals surface area contributed by atoms with E-state index in [0.29, 0.717) is 12.0 Å². The monoisotopic (exact) mass is 394 g/mol. The van der Waals surface area contributed by atoms with Gasteiger partial charge in [-0.05, 0) is 24.3 Å². The van der Waals surface area contributed by atoms with E-state index in [4.69, 9.17) is 5.41 Å². The number of urea groups is 1. The number of anilines is 3. The Balaban J connectivity index is 2.37. The highest BCUT2D eigenvalue weighted by Crippen LogP contribution is 2.31. The van der Waals surface area contributed by atoms with E-state index in [1.807, 2.05) is 0 Å². The van der Waals surface area contributed by atoms with Crippen LogP contribution in [0.2, 0.25) is 0 Å². The first-order valence-electron chi connectivity index (χ1n) is 7.86. The molecule has 1 aromatic heterocycles. The van der Waals surface area contributed by atoms with Crippen LogP contribution in [-0.4, -0.2) is 37.6 Å². The molecule has 28 heavy (non-hydrogen) atoms. The van der Waals surface area contributed by atoms with Gasteiger partial charge in [0, 0.05) is 26.5 Å². The maximum atomic E-state index is 12.7. The quantitative estimate of drug-likeness (QED) is 0.342. The highest BCUT2D eigenvalue weighted by Gasteiger charge is 2.30. The van der Waals surface area contributed by atoms with E-state index >= 15 is 0 Å². The summed E-state index contributed by atoms with van der Waals surface area (Å²) in [5, 5.41) is 13.7. The Kier molecular flexibility index (Phi) is 6.18. The van der Waals surface area contributed by atoms with E-state index in [1.54, 1.807) is 0 Å². The van der Waals surface area contributed by atoms with Crippen LogP contribution in [0.5, 0.6) is 0 Å². The number of aldehydes is 1. The van der Waals surface area contributed by atoms with Gasteiger partial charge < -0.3 is 10.7 Å². The van der Waals surface area contributed by atoms with Crippen LogP contribution in [0.15, 0.2) is 30.5 Å². The maximum Gasteiger partial charge on any atom is 0.416 e. The maximum absolute atomic E-state index is 12.7. The summed E-state index contributed by atoms with van der Waals surface area (Å²) >= 11 is 0. The molecule has 0 radical (unpaired) electrons. The Morgan fingerprint density at radius 2 is 1.89 bits per heavy atom. The molecule has 0 unspecified atom stereocenters. The number of hydrogen-bond acceptors (Lipinski definition) is 6. The molecule has 0 fully saturated rings. The Morgan fingerprint density at radius 3 is 2.39 bits per heavy atom. The van der Waals surface area contributed by atoms with Crippen LogP contribution < -0.4 is 21.1 Å². The molecular formula is C17H17F3N6O2. The Labute approximate surface area is 158 Å². The molecule has 2 amide bonds. The van der Waals surface area contributed by atoms with Crippen molar-refractivity contribution in [3.63, 3.8) is 0 Å². The number of aromatic nitrogens is 1. The molecule has 0 saturated carbocycles. The number of hydrazine groups is 1. The van der Waals surface area contributed by atoms with Crippen molar-refractivity contribution in [3.05, 3.63) is 47.2 Å². The van der Waals surface area contributed by atoms with Crippen LogP contribution in [0.4, 0.5) is 35.2 Å². The van der Waals surface area contributed by atoms with Crippen LogP contribution in [0, 0.1) is 5.41 Å². The molecule has 148 valence electrons. The molecule has 11 heteroatoms. The minimum Gasteiger partial charge on any atom is -0.341 e. The van der Waals surface area contributed by atoms with Crippen LogP contribution >= 0.6 is 0 Å². The van der Waals surface area contributed by atoms with Crippen LogP contribution in [0.3, 0.4) is 0 Å². The SMILES string of the molecule is CNC(=O)Nc1ncc(C=O)c(NN(C)c2ccc(C(F)(F)F)cc2)c1C=N. The van der Waals surface area contributed by atoms with Crippen molar-refractivity contribution < 1.29 is 22.8 Å². The zero-order valence-corrected chi connectivity index (χ0v) is 14.9. The van der Waals surface area contributed by atoms with Crippen molar-refractivity contribution in [2.45, 2.75) is 6.18 Å². The second kappa shape index (κ2) is 8.37. The number of nitrogens with one attached hydrogen (secondary N) is 4. The van der Waals surface area contributed by atoms with Crippen LogP contribution in [-0.2, 0) is 6.18 Å². The Hall–Kier alpha value is -3.63. The number of nitrogens with zero attached hydrogens (tertiary/aromatic N) is 2. The van der Waals surface area contributed by atoms with Crippen LogP contribution in [0.1, 0.15) is 21.5 Å². The molecule has 0 aliphatic rings. The average Bonchev–Trinajstić information content (AvgIpc) is 2.67. The van der Waals surface area contributed by atoms with Gasteiger partial charge in [0.2, 0.25) is 0 Å². The minimum absolute atomic E-state index is 0.0308. The summed E-state index contributed by atoms with van der Waals surface area (Å²) in [6, 6.07) is 3.79. The number of carbonyl (C=O) groups excluding carboxylic acids is 2. The number of hydrogen-bond donors (Lipinski definition) is 4. The lowest BCUT2D eigenvalue weighted by molar-refractivity contribution is -0.137. The van der Waals surface area contributed by atoms with Crippen LogP contribution in [0.25, 0.3) is 0 Å². The molecule has 1 aromatic carbocycles. The van der Waals surface area contributed by atoms with Gasteiger partial charge in [-0.1, -0.05) is 0 Å². The van der Waals surface area contributed by atoms with E-state index < -0.39 is 17.8 Å². The zero-order valence-electron chi connectivity index (χ0n) is 14.9. The van der Waals surface area contributed by atoms with Gasteiger partial charge in [-0.15, -0.1) is 0 Å². The van der Waals surface area contributed by atoms with Crippen molar-refractivity contribution in [3.8, 4) is 0 Å².